The fourth-order valence-corrected chi connectivity index (χ4v) is 3.43. The molecule has 1 aromatic heterocycles. The van der Waals surface area contributed by atoms with E-state index < -0.39 is 11.9 Å². The Balaban J connectivity index is 0.00000225. The van der Waals surface area contributed by atoms with Crippen LogP contribution in [-0.4, -0.2) is 34.3 Å². The zero-order chi connectivity index (χ0) is 17.3. The van der Waals surface area contributed by atoms with E-state index in [1.165, 1.54) is 13.2 Å². The smallest absolute Gasteiger partial charge is 0.314 e. The fourth-order valence-electron chi connectivity index (χ4n) is 3.17. The van der Waals surface area contributed by atoms with E-state index in [1.54, 1.807) is 6.07 Å². The summed E-state index contributed by atoms with van der Waals surface area (Å²) in [7, 11) is 1.32. The van der Waals surface area contributed by atoms with Crippen LogP contribution in [0, 0.1) is 0 Å². The Morgan fingerprint density at radius 2 is 2.04 bits per heavy atom. The first-order valence-corrected chi connectivity index (χ1v) is 8.03. The minimum absolute atomic E-state index is 0. The Hall–Kier alpha value is -1.28. The van der Waals surface area contributed by atoms with Gasteiger partial charge < -0.3 is 5.32 Å². The van der Waals surface area contributed by atoms with Gasteiger partial charge in [-0.25, -0.2) is 0 Å². The second-order valence-electron chi connectivity index (χ2n) is 5.85. The molecule has 1 aliphatic heterocycles. The van der Waals surface area contributed by atoms with Crippen LogP contribution >= 0.6 is 24.0 Å². The van der Waals surface area contributed by atoms with Crippen molar-refractivity contribution in [2.45, 2.75) is 18.8 Å². The molecule has 25 heavy (non-hydrogen) atoms. The number of alkyl halides is 3. The monoisotopic (exact) mass is 394 g/mol. The lowest BCUT2D eigenvalue weighted by molar-refractivity contribution is -0.144. The molecule has 0 bridgehead atoms. The largest absolute Gasteiger partial charge is 0.433 e. The highest BCUT2D eigenvalue weighted by atomic mass is 35.5. The number of aromatic nitrogens is 2. The molecule has 0 aliphatic carbocycles. The van der Waals surface area contributed by atoms with E-state index in [9.17, 15) is 13.2 Å². The molecule has 1 fully saturated rings. The molecular formula is C16H19Cl2F3N4. The number of hydrogen-bond acceptors (Lipinski definition) is 3. The lowest BCUT2D eigenvalue weighted by atomic mass is 10.0. The first-order valence-electron chi connectivity index (χ1n) is 7.65. The van der Waals surface area contributed by atoms with Crippen molar-refractivity contribution < 1.29 is 13.2 Å². The number of benzene rings is 1. The van der Waals surface area contributed by atoms with Crippen LogP contribution in [0.2, 0.25) is 5.02 Å². The average molecular weight is 395 g/mol. The summed E-state index contributed by atoms with van der Waals surface area (Å²) in [6.45, 7) is 2.19. The van der Waals surface area contributed by atoms with Crippen molar-refractivity contribution >= 4 is 24.0 Å². The maximum Gasteiger partial charge on any atom is 0.433 e. The van der Waals surface area contributed by atoms with E-state index in [0.29, 0.717) is 18.1 Å². The van der Waals surface area contributed by atoms with Crippen LogP contribution in [0.4, 0.5) is 13.2 Å². The summed E-state index contributed by atoms with van der Waals surface area (Å²) in [6, 6.07) is 7.37. The van der Waals surface area contributed by atoms with Crippen LogP contribution in [-0.2, 0) is 19.8 Å². The van der Waals surface area contributed by atoms with E-state index in [1.807, 2.05) is 23.1 Å². The Morgan fingerprint density at radius 1 is 1.32 bits per heavy atom. The summed E-state index contributed by atoms with van der Waals surface area (Å²) in [5, 5.41) is 7.70. The molecule has 1 aromatic carbocycles. The predicted molar refractivity (Wildman–Crippen MR) is 92.9 cm³/mol. The summed E-state index contributed by atoms with van der Waals surface area (Å²) >= 11 is 6.28. The molecule has 3 rings (SSSR count). The van der Waals surface area contributed by atoms with Gasteiger partial charge in [0.1, 0.15) is 5.69 Å². The molecule has 138 valence electrons. The number of rotatable bonds is 3. The van der Waals surface area contributed by atoms with E-state index in [-0.39, 0.29) is 30.6 Å². The number of nitrogens with one attached hydrogen (secondary N) is 1. The quantitative estimate of drug-likeness (QED) is 0.861. The molecule has 2 aromatic rings. The summed E-state index contributed by atoms with van der Waals surface area (Å²) in [5.74, 6) is 0. The maximum absolute atomic E-state index is 13.3. The van der Waals surface area contributed by atoms with Gasteiger partial charge in [-0.05, 0) is 11.6 Å². The average Bonchev–Trinajstić information content (AvgIpc) is 2.89. The van der Waals surface area contributed by atoms with Gasteiger partial charge in [0, 0.05) is 49.9 Å². The molecule has 0 amide bonds. The van der Waals surface area contributed by atoms with Gasteiger partial charge in [-0.2, -0.15) is 18.3 Å². The molecule has 0 saturated carbocycles. The van der Waals surface area contributed by atoms with E-state index in [0.717, 1.165) is 16.8 Å². The van der Waals surface area contributed by atoms with Crippen molar-refractivity contribution in [1.29, 1.82) is 0 Å². The first-order chi connectivity index (χ1) is 11.4. The van der Waals surface area contributed by atoms with Gasteiger partial charge >= 0.3 is 6.18 Å². The zero-order valence-electron chi connectivity index (χ0n) is 13.6. The van der Waals surface area contributed by atoms with Crippen LogP contribution in [0.15, 0.2) is 30.5 Å². The number of piperazine rings is 1. The van der Waals surface area contributed by atoms with Crippen LogP contribution < -0.4 is 5.32 Å². The molecule has 1 N–H and O–H groups in total. The highest BCUT2D eigenvalue weighted by molar-refractivity contribution is 6.31. The minimum Gasteiger partial charge on any atom is -0.314 e. The second-order valence-corrected chi connectivity index (χ2v) is 6.26. The third-order valence-electron chi connectivity index (χ3n) is 4.27. The standard InChI is InChI=1S/C16H18ClF3N4.ClH/c1-23-15(16(18,19)20)11(8-22-23)10-24-7-6-21-9-14(24)12-4-2-3-5-13(12)17;/h2-5,8,14,21H,6-7,9-10H2,1H3;1H. The van der Waals surface area contributed by atoms with Crippen molar-refractivity contribution in [1.82, 2.24) is 20.0 Å². The van der Waals surface area contributed by atoms with Gasteiger partial charge in [0.2, 0.25) is 0 Å². The third-order valence-corrected chi connectivity index (χ3v) is 4.62. The van der Waals surface area contributed by atoms with E-state index >= 15 is 0 Å². The van der Waals surface area contributed by atoms with Crippen molar-refractivity contribution in [2.75, 3.05) is 19.6 Å². The lowest BCUT2D eigenvalue weighted by Crippen LogP contribution is -2.45. The Bertz CT molecular complexity index is 718. The fraction of sp³-hybridized carbons (Fsp3) is 0.438. The molecule has 9 heteroatoms. The molecular weight excluding hydrogens is 376 g/mol. The molecule has 0 spiro atoms. The minimum atomic E-state index is -4.42. The molecule has 0 radical (unpaired) electrons. The SMILES string of the molecule is Cl.Cn1ncc(CN2CCNCC2c2ccccc2Cl)c1C(F)(F)F. The normalized spacial score (nSPS) is 18.8. The Labute approximate surface area is 155 Å². The summed E-state index contributed by atoms with van der Waals surface area (Å²) in [4.78, 5) is 2.02. The topological polar surface area (TPSA) is 33.1 Å². The van der Waals surface area contributed by atoms with E-state index in [2.05, 4.69) is 10.4 Å². The Kier molecular flexibility index (Phi) is 6.37. The number of hydrogen-bond donors (Lipinski definition) is 1. The van der Waals surface area contributed by atoms with Gasteiger partial charge in [-0.15, -0.1) is 12.4 Å². The summed E-state index contributed by atoms with van der Waals surface area (Å²) < 4.78 is 40.7. The van der Waals surface area contributed by atoms with Crippen molar-refractivity contribution in [3.8, 4) is 0 Å². The molecule has 2 heterocycles. The first kappa shape index (κ1) is 20.0. The highest BCUT2D eigenvalue weighted by Gasteiger charge is 2.38. The number of halogens is 5. The number of nitrogens with zero attached hydrogens (tertiary/aromatic N) is 3. The molecule has 1 atom stereocenters. The molecule has 4 nitrogen and oxygen atoms in total. The summed E-state index contributed by atoms with van der Waals surface area (Å²) in [6.07, 6.45) is -3.12. The van der Waals surface area contributed by atoms with Crippen LogP contribution in [0.25, 0.3) is 0 Å². The lowest BCUT2D eigenvalue weighted by Gasteiger charge is -2.37. The number of aryl methyl sites for hydroxylation is 1. The van der Waals surface area contributed by atoms with Gasteiger partial charge in [-0.1, -0.05) is 29.8 Å². The van der Waals surface area contributed by atoms with Crippen LogP contribution in [0.5, 0.6) is 0 Å². The maximum atomic E-state index is 13.3. The molecule has 1 saturated heterocycles. The van der Waals surface area contributed by atoms with Crippen LogP contribution in [0.1, 0.15) is 22.9 Å². The molecule has 1 unspecified atom stereocenters. The van der Waals surface area contributed by atoms with E-state index in [4.69, 9.17) is 11.6 Å². The third kappa shape index (κ3) is 4.28. The Morgan fingerprint density at radius 3 is 2.72 bits per heavy atom. The zero-order valence-corrected chi connectivity index (χ0v) is 15.1. The van der Waals surface area contributed by atoms with Crippen molar-refractivity contribution in [3.05, 3.63) is 52.3 Å². The molecule has 1 aliphatic rings. The second kappa shape index (κ2) is 7.95. The van der Waals surface area contributed by atoms with Crippen molar-refractivity contribution in [2.24, 2.45) is 7.05 Å². The van der Waals surface area contributed by atoms with Gasteiger partial charge in [0.05, 0.1) is 6.20 Å². The van der Waals surface area contributed by atoms with Gasteiger partial charge in [0.15, 0.2) is 0 Å². The van der Waals surface area contributed by atoms with Gasteiger partial charge in [-0.3, -0.25) is 9.58 Å². The highest BCUT2D eigenvalue weighted by Crippen LogP contribution is 2.34. The van der Waals surface area contributed by atoms with Gasteiger partial charge in [0.25, 0.3) is 0 Å². The van der Waals surface area contributed by atoms with Crippen LogP contribution in [0.3, 0.4) is 0 Å². The van der Waals surface area contributed by atoms with Crippen molar-refractivity contribution in [3.63, 3.8) is 0 Å². The summed E-state index contributed by atoms with van der Waals surface area (Å²) in [5.41, 5.74) is 0.409. The predicted octanol–water partition coefficient (Wildman–Crippen LogP) is 3.66.